The average Bonchev–Trinajstić information content (AvgIpc) is 3.45. The molecule has 0 aliphatic heterocycles. The van der Waals surface area contributed by atoms with Gasteiger partial charge in [0, 0.05) is 35.0 Å². The van der Waals surface area contributed by atoms with Crippen LogP contribution in [0, 0.1) is 0 Å². The highest BCUT2D eigenvalue weighted by Crippen LogP contribution is 2.49. The molecule has 0 spiro atoms. The van der Waals surface area contributed by atoms with Crippen molar-refractivity contribution in [1.29, 1.82) is 0 Å². The van der Waals surface area contributed by atoms with Crippen LogP contribution in [0.4, 0.5) is 14.5 Å². The molecule has 1 aliphatic rings. The number of nitrogens with one attached hydrogen (secondary N) is 2. The van der Waals surface area contributed by atoms with E-state index in [4.69, 9.17) is 11.6 Å². The number of aromatic nitrogens is 5. The number of amides is 1. The van der Waals surface area contributed by atoms with E-state index in [1.165, 1.54) is 12.3 Å². The summed E-state index contributed by atoms with van der Waals surface area (Å²) in [5.74, 6) is -2.79. The van der Waals surface area contributed by atoms with Gasteiger partial charge in [0.25, 0.3) is 5.92 Å². The fraction of sp³-hybridized carbons (Fsp3) is 0.208. The number of alkyl halides is 2. The predicted octanol–water partition coefficient (Wildman–Crippen LogP) is 5.36. The Labute approximate surface area is 198 Å². The first-order valence-corrected chi connectivity index (χ1v) is 10.9. The Balaban J connectivity index is 1.47. The van der Waals surface area contributed by atoms with Crippen LogP contribution in [0.2, 0.25) is 5.02 Å². The van der Waals surface area contributed by atoms with Gasteiger partial charge >= 0.3 is 0 Å². The first kappa shape index (κ1) is 22.1. The third-order valence-electron chi connectivity index (χ3n) is 5.96. The van der Waals surface area contributed by atoms with Gasteiger partial charge in [-0.05, 0) is 64.7 Å². The quantitative estimate of drug-likeness (QED) is 0.387. The monoisotopic (exact) mass is 480 g/mol. The molecule has 10 heteroatoms. The first-order valence-electron chi connectivity index (χ1n) is 10.6. The van der Waals surface area contributed by atoms with Crippen molar-refractivity contribution in [3.8, 4) is 22.5 Å². The number of nitrogens with zero attached hydrogens (tertiary/aromatic N) is 4. The zero-order valence-electron chi connectivity index (χ0n) is 18.0. The van der Waals surface area contributed by atoms with E-state index in [2.05, 4.69) is 30.9 Å². The third kappa shape index (κ3) is 4.14. The second kappa shape index (κ2) is 8.25. The highest BCUT2D eigenvalue weighted by atomic mass is 35.5. The lowest BCUT2D eigenvalue weighted by molar-refractivity contribution is -0.118. The Bertz CT molecular complexity index is 1350. The summed E-state index contributed by atoms with van der Waals surface area (Å²) in [5.41, 5.74) is 2.38. The summed E-state index contributed by atoms with van der Waals surface area (Å²) in [7, 11) is 0. The molecule has 1 aliphatic carbocycles. The highest BCUT2D eigenvalue weighted by Gasteiger charge is 2.51. The number of carbonyl (C=O) groups excluding carboxylic acids is 1. The molecule has 172 valence electrons. The van der Waals surface area contributed by atoms with Crippen molar-refractivity contribution in [2.45, 2.75) is 31.1 Å². The fourth-order valence-electron chi connectivity index (χ4n) is 3.96. The van der Waals surface area contributed by atoms with Crippen LogP contribution in [0.15, 0.2) is 60.8 Å². The van der Waals surface area contributed by atoms with E-state index in [9.17, 15) is 13.6 Å². The molecule has 2 aromatic heterocycles. The maximum absolute atomic E-state index is 13.6. The summed E-state index contributed by atoms with van der Waals surface area (Å²) in [4.78, 5) is 17.1. The summed E-state index contributed by atoms with van der Waals surface area (Å²) >= 11 is 6.13. The maximum Gasteiger partial charge on any atom is 0.286 e. The molecule has 0 bridgehead atoms. The summed E-state index contributed by atoms with van der Waals surface area (Å²) in [6.45, 7) is 0.800. The molecule has 1 amide bonds. The van der Waals surface area contributed by atoms with Crippen LogP contribution in [-0.2, 0) is 16.1 Å². The molecule has 1 saturated carbocycles. The highest BCUT2D eigenvalue weighted by molar-refractivity contribution is 6.30. The number of halogens is 3. The second-order valence-electron chi connectivity index (χ2n) is 8.38. The van der Waals surface area contributed by atoms with Gasteiger partial charge in [-0.2, -0.15) is 8.78 Å². The third-order valence-corrected chi connectivity index (χ3v) is 6.20. The number of hydrogen-bond donors (Lipinski definition) is 2. The molecule has 1 fully saturated rings. The van der Waals surface area contributed by atoms with Crippen LogP contribution < -0.4 is 5.32 Å². The van der Waals surface area contributed by atoms with E-state index in [1.807, 2.05) is 18.2 Å². The SMILES string of the molecule is CC(F)(F)c1ccc(-c2ccc(NC(=O)C3(c4cccc(Cl)c4)CC3)cc2-c2nnn[nH]2)cn1. The lowest BCUT2D eigenvalue weighted by Crippen LogP contribution is -2.27. The maximum atomic E-state index is 13.6. The molecule has 5 rings (SSSR count). The number of anilines is 1. The van der Waals surface area contributed by atoms with Gasteiger partial charge in [0.1, 0.15) is 5.69 Å². The number of pyridine rings is 1. The predicted molar refractivity (Wildman–Crippen MR) is 123 cm³/mol. The van der Waals surface area contributed by atoms with Crippen LogP contribution in [0.25, 0.3) is 22.5 Å². The largest absolute Gasteiger partial charge is 0.325 e. The molecular formula is C24H19ClF2N6O. The molecule has 7 nitrogen and oxygen atoms in total. The summed E-state index contributed by atoms with van der Waals surface area (Å²) in [6, 6.07) is 15.5. The number of aromatic amines is 1. The summed E-state index contributed by atoms with van der Waals surface area (Å²) in [5, 5.41) is 17.5. The van der Waals surface area contributed by atoms with Crippen molar-refractivity contribution in [2.24, 2.45) is 0 Å². The molecule has 0 radical (unpaired) electrons. The molecule has 2 aromatic carbocycles. The Morgan fingerprint density at radius 2 is 1.94 bits per heavy atom. The molecule has 4 aromatic rings. The van der Waals surface area contributed by atoms with Gasteiger partial charge in [-0.15, -0.1) is 5.10 Å². The molecule has 0 saturated heterocycles. The van der Waals surface area contributed by atoms with E-state index in [-0.39, 0.29) is 11.6 Å². The minimum atomic E-state index is -3.04. The Morgan fingerprint density at radius 1 is 1.12 bits per heavy atom. The minimum absolute atomic E-state index is 0.125. The van der Waals surface area contributed by atoms with Crippen molar-refractivity contribution in [3.63, 3.8) is 0 Å². The summed E-state index contributed by atoms with van der Waals surface area (Å²) < 4.78 is 27.1. The van der Waals surface area contributed by atoms with Crippen molar-refractivity contribution in [3.05, 3.63) is 77.1 Å². The smallest absolute Gasteiger partial charge is 0.286 e. The van der Waals surface area contributed by atoms with E-state index in [0.29, 0.717) is 33.2 Å². The molecule has 34 heavy (non-hydrogen) atoms. The van der Waals surface area contributed by atoms with E-state index < -0.39 is 11.3 Å². The van der Waals surface area contributed by atoms with Gasteiger partial charge in [0.2, 0.25) is 5.91 Å². The summed E-state index contributed by atoms with van der Waals surface area (Å²) in [6.07, 6.45) is 2.85. The average molecular weight is 481 g/mol. The van der Waals surface area contributed by atoms with Crippen LogP contribution in [0.1, 0.15) is 31.0 Å². The number of tetrazole rings is 1. The van der Waals surface area contributed by atoms with Gasteiger partial charge in [-0.1, -0.05) is 35.9 Å². The molecule has 2 heterocycles. The lowest BCUT2D eigenvalue weighted by atomic mass is 9.94. The van der Waals surface area contributed by atoms with Gasteiger partial charge in [0.15, 0.2) is 5.82 Å². The Hall–Kier alpha value is -3.72. The first-order chi connectivity index (χ1) is 16.3. The van der Waals surface area contributed by atoms with Gasteiger partial charge in [0.05, 0.1) is 5.41 Å². The van der Waals surface area contributed by atoms with Crippen LogP contribution in [0.3, 0.4) is 0 Å². The van der Waals surface area contributed by atoms with Crippen molar-refractivity contribution >= 4 is 23.2 Å². The molecule has 0 atom stereocenters. The topological polar surface area (TPSA) is 96.5 Å². The van der Waals surface area contributed by atoms with E-state index in [0.717, 1.165) is 25.3 Å². The van der Waals surface area contributed by atoms with Crippen molar-refractivity contribution in [2.75, 3.05) is 5.32 Å². The zero-order valence-corrected chi connectivity index (χ0v) is 18.8. The normalized spacial score (nSPS) is 14.6. The van der Waals surface area contributed by atoms with Crippen LogP contribution in [-0.4, -0.2) is 31.5 Å². The van der Waals surface area contributed by atoms with E-state index >= 15 is 0 Å². The van der Waals surface area contributed by atoms with E-state index in [1.54, 1.807) is 30.3 Å². The minimum Gasteiger partial charge on any atom is -0.325 e. The van der Waals surface area contributed by atoms with Crippen LogP contribution >= 0.6 is 11.6 Å². The van der Waals surface area contributed by atoms with Gasteiger partial charge < -0.3 is 5.32 Å². The van der Waals surface area contributed by atoms with Crippen LogP contribution in [0.5, 0.6) is 0 Å². The molecular weight excluding hydrogens is 462 g/mol. The zero-order chi connectivity index (χ0) is 23.9. The van der Waals surface area contributed by atoms with Crippen molar-refractivity contribution in [1.82, 2.24) is 25.6 Å². The number of carbonyl (C=O) groups is 1. The van der Waals surface area contributed by atoms with Gasteiger partial charge in [-0.25, -0.2) is 5.10 Å². The number of hydrogen-bond acceptors (Lipinski definition) is 5. The standard InChI is InChI=1S/C24H19ClF2N6O/c1-23(26,27)20-8-5-14(13-28-20)18-7-6-17(12-19(18)21-30-32-33-31-21)29-22(34)24(9-10-24)15-3-2-4-16(25)11-15/h2-8,11-13H,9-10H2,1H3,(H,29,34)(H,30,31,32,33). The Morgan fingerprint density at radius 3 is 2.56 bits per heavy atom. The second-order valence-corrected chi connectivity index (χ2v) is 8.81. The molecule has 2 N–H and O–H groups in total. The number of benzene rings is 2. The lowest BCUT2D eigenvalue weighted by Gasteiger charge is -2.17. The fourth-order valence-corrected chi connectivity index (χ4v) is 4.15. The Kier molecular flexibility index (Phi) is 5.36. The molecule has 0 unspecified atom stereocenters. The van der Waals surface area contributed by atoms with Gasteiger partial charge in [-0.3, -0.25) is 9.78 Å². The number of H-pyrrole nitrogens is 1. The number of rotatable bonds is 6. The van der Waals surface area contributed by atoms with Crippen molar-refractivity contribution < 1.29 is 13.6 Å².